The van der Waals surface area contributed by atoms with Crippen LogP contribution in [0.1, 0.15) is 45.1 Å². The highest BCUT2D eigenvalue weighted by molar-refractivity contribution is 7.89. The molecule has 1 aliphatic rings. The van der Waals surface area contributed by atoms with E-state index in [4.69, 9.17) is 5.73 Å². The van der Waals surface area contributed by atoms with Gasteiger partial charge in [0.2, 0.25) is 10.0 Å². The largest absolute Gasteiger partial charge is 0.398 e. The van der Waals surface area contributed by atoms with Gasteiger partial charge in [-0.2, -0.15) is 0 Å². The molecule has 1 saturated carbocycles. The van der Waals surface area contributed by atoms with Crippen LogP contribution in [0.5, 0.6) is 0 Å². The van der Waals surface area contributed by atoms with Crippen molar-refractivity contribution in [2.24, 2.45) is 5.41 Å². The van der Waals surface area contributed by atoms with Crippen molar-refractivity contribution in [2.75, 3.05) is 5.73 Å². The van der Waals surface area contributed by atoms with Crippen LogP contribution >= 0.6 is 0 Å². The summed E-state index contributed by atoms with van der Waals surface area (Å²) in [5.41, 5.74) is 6.62. The molecule has 6 heteroatoms. The molecule has 1 aromatic rings. The Kier molecular flexibility index (Phi) is 4.31. The maximum absolute atomic E-state index is 14.0. The second-order valence-electron chi connectivity index (χ2n) is 6.72. The van der Waals surface area contributed by atoms with Crippen molar-refractivity contribution >= 4 is 15.7 Å². The predicted molar refractivity (Wildman–Crippen MR) is 81.9 cm³/mol. The van der Waals surface area contributed by atoms with Crippen LogP contribution in [-0.4, -0.2) is 14.5 Å². The second-order valence-corrected chi connectivity index (χ2v) is 8.40. The van der Waals surface area contributed by atoms with Gasteiger partial charge in [0.25, 0.3) is 0 Å². The van der Waals surface area contributed by atoms with E-state index in [2.05, 4.69) is 18.6 Å². The molecule has 118 valence electrons. The Hall–Kier alpha value is -1.14. The number of benzene rings is 1. The van der Waals surface area contributed by atoms with Crippen LogP contribution in [0.2, 0.25) is 0 Å². The van der Waals surface area contributed by atoms with Gasteiger partial charge in [0.15, 0.2) is 0 Å². The number of rotatable bonds is 3. The number of hydrogen-bond acceptors (Lipinski definition) is 3. The first kappa shape index (κ1) is 16.2. The Morgan fingerprint density at radius 2 is 2.05 bits per heavy atom. The monoisotopic (exact) mass is 314 g/mol. The van der Waals surface area contributed by atoms with Gasteiger partial charge >= 0.3 is 0 Å². The molecule has 0 bridgehead atoms. The van der Waals surface area contributed by atoms with Crippen molar-refractivity contribution in [3.63, 3.8) is 0 Å². The van der Waals surface area contributed by atoms with E-state index in [0.717, 1.165) is 31.7 Å². The fourth-order valence-electron chi connectivity index (χ4n) is 2.96. The summed E-state index contributed by atoms with van der Waals surface area (Å²) in [5, 5.41) is 0. The highest BCUT2D eigenvalue weighted by Gasteiger charge is 2.31. The molecule has 0 saturated heterocycles. The van der Waals surface area contributed by atoms with E-state index in [-0.39, 0.29) is 22.0 Å². The summed E-state index contributed by atoms with van der Waals surface area (Å²) in [7, 11) is -3.89. The fraction of sp³-hybridized carbons (Fsp3) is 0.600. The lowest BCUT2D eigenvalue weighted by Gasteiger charge is -2.35. The third-order valence-corrected chi connectivity index (χ3v) is 5.67. The highest BCUT2D eigenvalue weighted by atomic mass is 32.2. The molecule has 0 heterocycles. The van der Waals surface area contributed by atoms with E-state index in [1.165, 1.54) is 6.07 Å². The quantitative estimate of drug-likeness (QED) is 0.843. The Morgan fingerprint density at radius 3 is 2.67 bits per heavy atom. The molecule has 0 aromatic heterocycles. The first-order valence-electron chi connectivity index (χ1n) is 7.19. The molecule has 1 aliphatic carbocycles. The van der Waals surface area contributed by atoms with Gasteiger partial charge in [-0.1, -0.05) is 20.3 Å². The number of nitrogens with two attached hydrogens (primary N) is 1. The van der Waals surface area contributed by atoms with Gasteiger partial charge in [-0.15, -0.1) is 0 Å². The van der Waals surface area contributed by atoms with E-state index < -0.39 is 15.8 Å². The van der Waals surface area contributed by atoms with Crippen LogP contribution in [0.4, 0.5) is 10.1 Å². The van der Waals surface area contributed by atoms with Crippen LogP contribution in [-0.2, 0) is 10.0 Å². The van der Waals surface area contributed by atoms with Crippen molar-refractivity contribution in [1.29, 1.82) is 0 Å². The van der Waals surface area contributed by atoms with Crippen molar-refractivity contribution in [3.05, 3.63) is 23.5 Å². The minimum Gasteiger partial charge on any atom is -0.398 e. The predicted octanol–water partition coefficient (Wildman–Crippen LogP) is 2.96. The smallest absolute Gasteiger partial charge is 0.243 e. The normalized spacial score (nSPS) is 22.2. The van der Waals surface area contributed by atoms with Crippen LogP contribution in [0, 0.1) is 18.2 Å². The molecule has 1 aromatic carbocycles. The Morgan fingerprint density at radius 1 is 1.38 bits per heavy atom. The molecule has 0 spiro atoms. The zero-order valence-corrected chi connectivity index (χ0v) is 13.6. The molecule has 3 N–H and O–H groups in total. The van der Waals surface area contributed by atoms with E-state index in [1.807, 2.05) is 0 Å². The van der Waals surface area contributed by atoms with Crippen molar-refractivity contribution < 1.29 is 12.8 Å². The maximum atomic E-state index is 14.0. The van der Waals surface area contributed by atoms with E-state index in [9.17, 15) is 12.8 Å². The summed E-state index contributed by atoms with van der Waals surface area (Å²) in [6.07, 6.45) is 3.59. The van der Waals surface area contributed by atoms with Gasteiger partial charge in [-0.05, 0) is 49.3 Å². The molecule has 1 fully saturated rings. The molecule has 0 radical (unpaired) electrons. The number of halogens is 1. The number of anilines is 1. The van der Waals surface area contributed by atoms with Crippen LogP contribution in [0.15, 0.2) is 17.0 Å². The van der Waals surface area contributed by atoms with E-state index >= 15 is 0 Å². The number of hydrogen-bond donors (Lipinski definition) is 2. The number of nitrogens with one attached hydrogen (secondary N) is 1. The van der Waals surface area contributed by atoms with Gasteiger partial charge in [0.1, 0.15) is 10.7 Å². The second kappa shape index (κ2) is 5.57. The number of aryl methyl sites for hydroxylation is 1. The first-order valence-corrected chi connectivity index (χ1v) is 8.67. The standard InChI is InChI=1S/C15H23FN2O2S/c1-10-7-12(16)14(8-13(10)17)21(19,20)18-11-5-4-6-15(2,3)9-11/h7-8,11,18H,4-6,9,17H2,1-3H3. The average Bonchev–Trinajstić information content (AvgIpc) is 2.31. The van der Waals surface area contributed by atoms with Gasteiger partial charge in [0, 0.05) is 11.7 Å². The van der Waals surface area contributed by atoms with E-state index in [0.29, 0.717) is 5.56 Å². The third-order valence-electron chi connectivity index (χ3n) is 4.14. The molecule has 21 heavy (non-hydrogen) atoms. The number of sulfonamides is 1. The first-order chi connectivity index (χ1) is 9.61. The van der Waals surface area contributed by atoms with E-state index in [1.54, 1.807) is 6.92 Å². The topological polar surface area (TPSA) is 72.2 Å². The average molecular weight is 314 g/mol. The van der Waals surface area contributed by atoms with Crippen molar-refractivity contribution in [1.82, 2.24) is 4.72 Å². The summed E-state index contributed by atoms with van der Waals surface area (Å²) < 4.78 is 41.4. The lowest BCUT2D eigenvalue weighted by atomic mass is 9.75. The Bertz CT molecular complexity index is 641. The third kappa shape index (κ3) is 3.74. The summed E-state index contributed by atoms with van der Waals surface area (Å²) in [4.78, 5) is -0.367. The summed E-state index contributed by atoms with van der Waals surface area (Å²) in [6.45, 7) is 5.89. The Balaban J connectivity index is 2.25. The van der Waals surface area contributed by atoms with Crippen LogP contribution in [0.25, 0.3) is 0 Å². The van der Waals surface area contributed by atoms with Gasteiger partial charge in [-0.25, -0.2) is 17.5 Å². The lowest BCUT2D eigenvalue weighted by Crippen LogP contribution is -2.40. The molecule has 1 atom stereocenters. The molecule has 1 unspecified atom stereocenters. The number of nitrogen functional groups attached to an aromatic ring is 1. The van der Waals surface area contributed by atoms with Gasteiger partial charge in [0.05, 0.1) is 0 Å². The van der Waals surface area contributed by atoms with Crippen LogP contribution < -0.4 is 10.5 Å². The minimum absolute atomic E-state index is 0.107. The maximum Gasteiger partial charge on any atom is 0.243 e. The molecule has 2 rings (SSSR count). The Labute approximate surface area is 126 Å². The zero-order chi connectivity index (χ0) is 15.8. The SMILES string of the molecule is Cc1cc(F)c(S(=O)(=O)NC2CCCC(C)(C)C2)cc1N. The molecule has 4 nitrogen and oxygen atoms in total. The van der Waals surface area contributed by atoms with Crippen LogP contribution in [0.3, 0.4) is 0 Å². The van der Waals surface area contributed by atoms with Gasteiger partial charge < -0.3 is 5.73 Å². The molecular formula is C15H23FN2O2S. The fourth-order valence-corrected chi connectivity index (χ4v) is 4.32. The molecule has 0 aliphatic heterocycles. The summed E-state index contributed by atoms with van der Waals surface area (Å²) >= 11 is 0. The summed E-state index contributed by atoms with van der Waals surface area (Å²) in [5.74, 6) is -0.760. The van der Waals surface area contributed by atoms with Crippen molar-refractivity contribution in [3.8, 4) is 0 Å². The lowest BCUT2D eigenvalue weighted by molar-refractivity contribution is 0.212. The molecular weight excluding hydrogens is 291 g/mol. The van der Waals surface area contributed by atoms with Gasteiger partial charge in [-0.3, -0.25) is 0 Å². The minimum atomic E-state index is -3.89. The van der Waals surface area contributed by atoms with Crippen molar-refractivity contribution in [2.45, 2.75) is 57.4 Å². The zero-order valence-electron chi connectivity index (χ0n) is 12.7. The summed E-state index contributed by atoms with van der Waals surface area (Å²) in [6, 6.07) is 2.20. The highest BCUT2D eigenvalue weighted by Crippen LogP contribution is 2.35. The molecule has 0 amide bonds.